The number of β-lactam (4-membered cyclic amide) rings is 1. The van der Waals surface area contributed by atoms with E-state index in [0.717, 1.165) is 0 Å². The average molecular weight is 115 g/mol. The van der Waals surface area contributed by atoms with Gasteiger partial charge in [0.15, 0.2) is 0 Å². The molecule has 1 unspecified atom stereocenters. The van der Waals surface area contributed by atoms with Gasteiger partial charge in [0.25, 0.3) is 0 Å². The van der Waals surface area contributed by atoms with Crippen molar-refractivity contribution in [1.29, 1.82) is 0 Å². The number of rotatable bonds is 2. The van der Waals surface area contributed by atoms with Crippen molar-refractivity contribution in [2.75, 3.05) is 13.7 Å². The second-order valence-electron chi connectivity index (χ2n) is 1.92. The smallest absolute Gasteiger partial charge is 0.222 e. The van der Waals surface area contributed by atoms with Gasteiger partial charge in [0.1, 0.15) is 0 Å². The Hall–Kier alpha value is -0.570. The summed E-state index contributed by atoms with van der Waals surface area (Å²) in [5.74, 6) is 0.132. The van der Waals surface area contributed by atoms with Crippen LogP contribution in [0.4, 0.5) is 0 Å². The van der Waals surface area contributed by atoms with Crippen molar-refractivity contribution >= 4 is 5.91 Å². The Balaban J connectivity index is 2.06. The molecule has 1 aliphatic heterocycles. The van der Waals surface area contributed by atoms with E-state index in [1.165, 1.54) is 0 Å². The first-order chi connectivity index (χ1) is 3.83. The number of hydrogen-bond acceptors (Lipinski definition) is 2. The van der Waals surface area contributed by atoms with Gasteiger partial charge in [-0.05, 0) is 0 Å². The zero-order valence-corrected chi connectivity index (χ0v) is 4.81. The van der Waals surface area contributed by atoms with Gasteiger partial charge < -0.3 is 10.1 Å². The van der Waals surface area contributed by atoms with Gasteiger partial charge in [-0.3, -0.25) is 4.79 Å². The van der Waals surface area contributed by atoms with Gasteiger partial charge in [0.05, 0.1) is 12.6 Å². The van der Waals surface area contributed by atoms with E-state index in [0.29, 0.717) is 13.0 Å². The first kappa shape index (κ1) is 5.56. The molecule has 1 amide bonds. The van der Waals surface area contributed by atoms with E-state index in [1.54, 1.807) is 7.11 Å². The lowest BCUT2D eigenvalue weighted by atomic mass is 10.1. The van der Waals surface area contributed by atoms with Crippen molar-refractivity contribution in [2.24, 2.45) is 0 Å². The minimum atomic E-state index is 0.132. The standard InChI is InChI=1S/C5H9NO2/c1-8-3-4-2-5(7)6-4/h4H,2-3H2,1H3,(H,6,7). The molecule has 1 heterocycles. The maximum absolute atomic E-state index is 10.2. The summed E-state index contributed by atoms with van der Waals surface area (Å²) in [6.07, 6.45) is 0.633. The second kappa shape index (κ2) is 2.13. The van der Waals surface area contributed by atoms with Crippen molar-refractivity contribution in [3.63, 3.8) is 0 Å². The van der Waals surface area contributed by atoms with Crippen molar-refractivity contribution in [2.45, 2.75) is 12.5 Å². The number of carbonyl (C=O) groups is 1. The Morgan fingerprint density at radius 3 is 3.00 bits per heavy atom. The molecule has 1 atom stereocenters. The van der Waals surface area contributed by atoms with E-state index in [2.05, 4.69) is 5.32 Å². The SMILES string of the molecule is COCC1CC(=O)N1. The molecule has 8 heavy (non-hydrogen) atoms. The van der Waals surface area contributed by atoms with Crippen LogP contribution in [0.2, 0.25) is 0 Å². The molecular weight excluding hydrogens is 106 g/mol. The second-order valence-corrected chi connectivity index (χ2v) is 1.92. The lowest BCUT2D eigenvalue weighted by molar-refractivity contribution is -0.129. The van der Waals surface area contributed by atoms with Gasteiger partial charge in [0, 0.05) is 13.5 Å². The van der Waals surface area contributed by atoms with Crippen LogP contribution in [-0.4, -0.2) is 25.7 Å². The largest absolute Gasteiger partial charge is 0.383 e. The predicted molar refractivity (Wildman–Crippen MR) is 28.4 cm³/mol. The number of amides is 1. The topological polar surface area (TPSA) is 38.3 Å². The Bertz CT molecular complexity index is 94.6. The number of ether oxygens (including phenoxy) is 1. The van der Waals surface area contributed by atoms with Crippen LogP contribution in [-0.2, 0) is 9.53 Å². The van der Waals surface area contributed by atoms with Gasteiger partial charge >= 0.3 is 0 Å². The maximum atomic E-state index is 10.2. The minimum Gasteiger partial charge on any atom is -0.383 e. The molecule has 0 radical (unpaired) electrons. The molecule has 0 spiro atoms. The summed E-state index contributed by atoms with van der Waals surface area (Å²) >= 11 is 0. The summed E-state index contributed by atoms with van der Waals surface area (Å²) in [7, 11) is 1.63. The molecule has 1 saturated heterocycles. The third-order valence-electron chi connectivity index (χ3n) is 1.16. The van der Waals surface area contributed by atoms with Gasteiger partial charge in [-0.2, -0.15) is 0 Å². The van der Waals surface area contributed by atoms with E-state index < -0.39 is 0 Å². The van der Waals surface area contributed by atoms with Crippen LogP contribution in [0.25, 0.3) is 0 Å². The first-order valence-electron chi connectivity index (χ1n) is 2.61. The molecule has 1 aliphatic rings. The van der Waals surface area contributed by atoms with Gasteiger partial charge in [-0.15, -0.1) is 0 Å². The number of nitrogens with one attached hydrogen (secondary N) is 1. The lowest BCUT2D eigenvalue weighted by Crippen LogP contribution is -2.50. The molecule has 0 aliphatic carbocycles. The summed E-state index contributed by atoms with van der Waals surface area (Å²) in [5.41, 5.74) is 0. The van der Waals surface area contributed by atoms with Crippen LogP contribution in [0.1, 0.15) is 6.42 Å². The van der Waals surface area contributed by atoms with E-state index in [4.69, 9.17) is 4.74 Å². The first-order valence-corrected chi connectivity index (χ1v) is 2.61. The van der Waals surface area contributed by atoms with Crippen LogP contribution in [0, 0.1) is 0 Å². The van der Waals surface area contributed by atoms with Crippen molar-refractivity contribution in [1.82, 2.24) is 5.32 Å². The van der Waals surface area contributed by atoms with Crippen LogP contribution >= 0.6 is 0 Å². The summed E-state index contributed by atoms with van der Waals surface area (Å²) in [4.78, 5) is 10.2. The molecular formula is C5H9NO2. The summed E-state index contributed by atoms with van der Waals surface area (Å²) in [6, 6.07) is 0.285. The van der Waals surface area contributed by atoms with Gasteiger partial charge in [0.2, 0.25) is 5.91 Å². The Kier molecular flexibility index (Phi) is 1.48. The minimum absolute atomic E-state index is 0.132. The number of carbonyl (C=O) groups excluding carboxylic acids is 1. The maximum Gasteiger partial charge on any atom is 0.222 e. The van der Waals surface area contributed by atoms with Crippen LogP contribution in [0.5, 0.6) is 0 Å². The number of hydrogen-bond donors (Lipinski definition) is 1. The van der Waals surface area contributed by atoms with E-state index in [-0.39, 0.29) is 11.9 Å². The third-order valence-corrected chi connectivity index (χ3v) is 1.16. The molecule has 0 aromatic carbocycles. The lowest BCUT2D eigenvalue weighted by Gasteiger charge is -2.25. The molecule has 1 N–H and O–H groups in total. The molecule has 1 fully saturated rings. The normalized spacial score (nSPS) is 26.6. The molecule has 1 rings (SSSR count). The molecule has 0 aromatic rings. The zero-order chi connectivity index (χ0) is 5.98. The van der Waals surface area contributed by atoms with E-state index >= 15 is 0 Å². The quantitative estimate of drug-likeness (QED) is 0.494. The fourth-order valence-corrected chi connectivity index (χ4v) is 0.732. The summed E-state index contributed by atoms with van der Waals surface area (Å²) in [5, 5.41) is 2.68. The van der Waals surface area contributed by atoms with Crippen LogP contribution in [0.3, 0.4) is 0 Å². The highest BCUT2D eigenvalue weighted by Crippen LogP contribution is 2.02. The monoisotopic (exact) mass is 115 g/mol. The third kappa shape index (κ3) is 0.980. The highest BCUT2D eigenvalue weighted by molar-refractivity contribution is 5.82. The Morgan fingerprint density at radius 2 is 2.62 bits per heavy atom. The summed E-state index contributed by atoms with van der Waals surface area (Å²) < 4.78 is 4.78. The van der Waals surface area contributed by atoms with Crippen molar-refractivity contribution < 1.29 is 9.53 Å². The molecule has 0 bridgehead atoms. The number of methoxy groups -OCH3 is 1. The highest BCUT2D eigenvalue weighted by atomic mass is 16.5. The van der Waals surface area contributed by atoms with Gasteiger partial charge in [-0.25, -0.2) is 0 Å². The predicted octanol–water partition coefficient (Wildman–Crippen LogP) is -0.479. The molecule has 46 valence electrons. The molecule has 3 heteroatoms. The molecule has 0 aromatic heterocycles. The fraction of sp³-hybridized carbons (Fsp3) is 0.800. The van der Waals surface area contributed by atoms with Crippen molar-refractivity contribution in [3.05, 3.63) is 0 Å². The highest BCUT2D eigenvalue weighted by Gasteiger charge is 2.24. The van der Waals surface area contributed by atoms with Crippen molar-refractivity contribution in [3.8, 4) is 0 Å². The molecule has 0 saturated carbocycles. The Morgan fingerprint density at radius 1 is 2.00 bits per heavy atom. The van der Waals surface area contributed by atoms with Crippen LogP contribution < -0.4 is 5.32 Å². The fourth-order valence-electron chi connectivity index (χ4n) is 0.732. The van der Waals surface area contributed by atoms with Gasteiger partial charge in [-0.1, -0.05) is 0 Å². The summed E-state index contributed by atoms with van der Waals surface area (Å²) in [6.45, 7) is 0.645. The zero-order valence-electron chi connectivity index (χ0n) is 4.81. The van der Waals surface area contributed by atoms with Crippen LogP contribution in [0.15, 0.2) is 0 Å². The van der Waals surface area contributed by atoms with E-state index in [9.17, 15) is 4.79 Å². The van der Waals surface area contributed by atoms with E-state index in [1.807, 2.05) is 0 Å². The Labute approximate surface area is 48.0 Å². The molecule has 3 nitrogen and oxygen atoms in total. The average Bonchev–Trinajstić information content (AvgIpc) is 1.64.